The van der Waals surface area contributed by atoms with Gasteiger partial charge in [0.2, 0.25) is 0 Å². The summed E-state index contributed by atoms with van der Waals surface area (Å²) in [6.45, 7) is -0.522. The number of benzene rings is 1. The summed E-state index contributed by atoms with van der Waals surface area (Å²) in [6.07, 6.45) is -4.87. The molecule has 0 unspecified atom stereocenters. The molecule has 0 radical (unpaired) electrons. The molecule has 22 heavy (non-hydrogen) atoms. The molecule has 0 saturated carbocycles. The van der Waals surface area contributed by atoms with Crippen LogP contribution in [0.5, 0.6) is 0 Å². The number of anilines is 1. The molecule has 2 rings (SSSR count). The highest BCUT2D eigenvalue weighted by Gasteiger charge is 2.42. The largest absolute Gasteiger partial charge is 0.478 e. The Balaban J connectivity index is 2.26. The van der Waals surface area contributed by atoms with Crippen LogP contribution in [0.3, 0.4) is 0 Å². The van der Waals surface area contributed by atoms with E-state index in [1.807, 2.05) is 0 Å². The van der Waals surface area contributed by atoms with Crippen LogP contribution in [-0.4, -0.2) is 62.5 Å². The standard InChI is InChI=1S/C12H14N2O8/c15-4-8-9(16)10(17)11(22-8)13-6-1-5(12(18)19)2-7(3-6)14(20)21/h1-3,8-11,13,15-17H,4H2,(H,18,19)/t8-,9-,10-,11-/m1/s1. The van der Waals surface area contributed by atoms with E-state index in [-0.39, 0.29) is 11.3 Å². The zero-order chi connectivity index (χ0) is 16.4. The number of aromatic carboxylic acids is 1. The third-order valence-electron chi connectivity index (χ3n) is 3.23. The number of nitrogens with one attached hydrogen (secondary N) is 1. The van der Waals surface area contributed by atoms with Crippen LogP contribution in [0.15, 0.2) is 18.2 Å². The van der Waals surface area contributed by atoms with Gasteiger partial charge in [-0.2, -0.15) is 0 Å². The number of ether oxygens (including phenoxy) is 1. The highest BCUT2D eigenvalue weighted by molar-refractivity contribution is 5.90. The van der Waals surface area contributed by atoms with Crippen molar-refractivity contribution in [3.05, 3.63) is 33.9 Å². The zero-order valence-corrected chi connectivity index (χ0v) is 11.1. The Bertz CT molecular complexity index is 560. The Labute approximate surface area is 123 Å². The molecule has 1 heterocycles. The minimum Gasteiger partial charge on any atom is -0.478 e. The van der Waals surface area contributed by atoms with E-state index in [4.69, 9.17) is 14.9 Å². The van der Waals surface area contributed by atoms with Gasteiger partial charge in [0.1, 0.15) is 18.3 Å². The predicted molar refractivity (Wildman–Crippen MR) is 71.4 cm³/mol. The van der Waals surface area contributed by atoms with Crippen LogP contribution in [0.2, 0.25) is 0 Å². The molecule has 5 N–H and O–H groups in total. The van der Waals surface area contributed by atoms with E-state index in [9.17, 15) is 25.1 Å². The molecule has 0 amide bonds. The lowest BCUT2D eigenvalue weighted by molar-refractivity contribution is -0.384. The normalized spacial score (nSPS) is 27.6. The Kier molecular flexibility index (Phi) is 4.56. The first-order chi connectivity index (χ1) is 10.3. The summed E-state index contributed by atoms with van der Waals surface area (Å²) in [5, 5.41) is 50.7. The van der Waals surface area contributed by atoms with Gasteiger partial charge in [-0.05, 0) is 6.07 Å². The monoisotopic (exact) mass is 314 g/mol. The molecule has 0 spiro atoms. The highest BCUT2D eigenvalue weighted by atomic mass is 16.6. The molecular formula is C12H14N2O8. The second kappa shape index (κ2) is 6.23. The molecule has 1 saturated heterocycles. The number of nitro benzene ring substituents is 1. The van der Waals surface area contributed by atoms with Gasteiger partial charge in [0.15, 0.2) is 6.23 Å². The average molecular weight is 314 g/mol. The van der Waals surface area contributed by atoms with Crippen molar-refractivity contribution in [2.24, 2.45) is 0 Å². The van der Waals surface area contributed by atoms with Gasteiger partial charge in [-0.25, -0.2) is 4.79 Å². The molecule has 10 nitrogen and oxygen atoms in total. The van der Waals surface area contributed by atoms with E-state index in [0.717, 1.165) is 18.2 Å². The number of carboxylic acid groups (broad SMARTS) is 1. The Morgan fingerprint density at radius 1 is 1.32 bits per heavy atom. The third-order valence-corrected chi connectivity index (χ3v) is 3.23. The second-order valence-electron chi connectivity index (χ2n) is 4.73. The molecule has 0 aliphatic carbocycles. The van der Waals surface area contributed by atoms with Gasteiger partial charge in [0.05, 0.1) is 17.1 Å². The smallest absolute Gasteiger partial charge is 0.336 e. The molecule has 1 aromatic rings. The number of non-ortho nitro benzene ring substituents is 1. The summed E-state index contributed by atoms with van der Waals surface area (Å²) in [4.78, 5) is 21.0. The minimum absolute atomic E-state index is 0.0291. The van der Waals surface area contributed by atoms with E-state index >= 15 is 0 Å². The summed E-state index contributed by atoms with van der Waals surface area (Å²) in [5.74, 6) is -1.35. The van der Waals surface area contributed by atoms with E-state index in [0.29, 0.717) is 0 Å². The zero-order valence-electron chi connectivity index (χ0n) is 11.1. The number of nitrogens with zero attached hydrogens (tertiary/aromatic N) is 1. The van der Waals surface area contributed by atoms with Gasteiger partial charge in [-0.15, -0.1) is 0 Å². The summed E-state index contributed by atoms with van der Waals surface area (Å²) in [6, 6.07) is 3.09. The molecule has 1 aromatic carbocycles. The molecule has 1 aliphatic rings. The van der Waals surface area contributed by atoms with Crippen LogP contribution in [0, 0.1) is 10.1 Å². The quantitative estimate of drug-likeness (QED) is 0.344. The van der Waals surface area contributed by atoms with Gasteiger partial charge in [0.25, 0.3) is 5.69 Å². The lowest BCUT2D eigenvalue weighted by Crippen LogP contribution is -2.36. The van der Waals surface area contributed by atoms with Crippen molar-refractivity contribution >= 4 is 17.3 Å². The molecular weight excluding hydrogens is 300 g/mol. The van der Waals surface area contributed by atoms with Crippen LogP contribution in [-0.2, 0) is 4.74 Å². The van der Waals surface area contributed by atoms with Gasteiger partial charge in [-0.3, -0.25) is 10.1 Å². The molecule has 4 atom stereocenters. The lowest BCUT2D eigenvalue weighted by atomic mass is 10.1. The van der Waals surface area contributed by atoms with Crippen molar-refractivity contribution in [1.29, 1.82) is 0 Å². The topological polar surface area (TPSA) is 162 Å². The summed E-state index contributed by atoms with van der Waals surface area (Å²) in [5.41, 5.74) is -0.737. The van der Waals surface area contributed by atoms with Gasteiger partial charge >= 0.3 is 5.97 Å². The molecule has 0 bridgehead atoms. The van der Waals surface area contributed by atoms with Crippen molar-refractivity contribution in [1.82, 2.24) is 0 Å². The molecule has 0 aromatic heterocycles. The van der Waals surface area contributed by atoms with Crippen LogP contribution >= 0.6 is 0 Å². The second-order valence-corrected chi connectivity index (χ2v) is 4.73. The Hall–Kier alpha value is -2.27. The van der Waals surface area contributed by atoms with E-state index in [2.05, 4.69) is 5.32 Å². The maximum atomic E-state index is 11.0. The minimum atomic E-state index is -1.38. The first-order valence-electron chi connectivity index (χ1n) is 6.25. The molecule has 10 heteroatoms. The number of carbonyl (C=O) groups is 1. The SMILES string of the molecule is O=C(O)c1cc(N[C@@H]2O[C@H](CO)[C@@H](O)[C@H]2O)cc([N+](=O)[O-])c1. The number of aliphatic hydroxyl groups is 3. The first kappa shape index (κ1) is 16.1. The average Bonchev–Trinajstić information content (AvgIpc) is 2.74. The van der Waals surface area contributed by atoms with Crippen LogP contribution < -0.4 is 5.32 Å². The molecule has 120 valence electrons. The number of nitro groups is 1. The molecule has 1 fully saturated rings. The number of carboxylic acids is 1. The van der Waals surface area contributed by atoms with Gasteiger partial charge in [-0.1, -0.05) is 0 Å². The number of aliphatic hydroxyl groups excluding tert-OH is 3. The summed E-state index contributed by atoms with van der Waals surface area (Å²) in [7, 11) is 0. The number of hydrogen-bond donors (Lipinski definition) is 5. The van der Waals surface area contributed by atoms with Gasteiger partial charge < -0.3 is 30.5 Å². The van der Waals surface area contributed by atoms with Crippen LogP contribution in [0.4, 0.5) is 11.4 Å². The summed E-state index contributed by atoms with van der Waals surface area (Å²) < 4.78 is 5.16. The van der Waals surface area contributed by atoms with Crippen molar-refractivity contribution in [2.75, 3.05) is 11.9 Å². The Morgan fingerprint density at radius 2 is 2.00 bits per heavy atom. The van der Waals surface area contributed by atoms with Crippen LogP contribution in [0.25, 0.3) is 0 Å². The first-order valence-corrected chi connectivity index (χ1v) is 6.25. The van der Waals surface area contributed by atoms with E-state index in [1.54, 1.807) is 0 Å². The van der Waals surface area contributed by atoms with Crippen molar-refractivity contribution in [2.45, 2.75) is 24.5 Å². The highest BCUT2D eigenvalue weighted by Crippen LogP contribution is 2.26. The predicted octanol–water partition coefficient (Wildman–Crippen LogP) is -0.856. The fraction of sp³-hybridized carbons (Fsp3) is 0.417. The van der Waals surface area contributed by atoms with Crippen LogP contribution in [0.1, 0.15) is 10.4 Å². The van der Waals surface area contributed by atoms with Gasteiger partial charge in [0, 0.05) is 17.8 Å². The van der Waals surface area contributed by atoms with Crippen molar-refractivity contribution in [3.8, 4) is 0 Å². The Morgan fingerprint density at radius 3 is 2.50 bits per heavy atom. The fourth-order valence-corrected chi connectivity index (χ4v) is 2.11. The van der Waals surface area contributed by atoms with Crippen molar-refractivity contribution in [3.63, 3.8) is 0 Å². The lowest BCUT2D eigenvalue weighted by Gasteiger charge is -2.17. The van der Waals surface area contributed by atoms with E-state index in [1.165, 1.54) is 0 Å². The third kappa shape index (κ3) is 3.14. The summed E-state index contributed by atoms with van der Waals surface area (Å²) >= 11 is 0. The maximum Gasteiger partial charge on any atom is 0.336 e. The molecule has 1 aliphatic heterocycles. The van der Waals surface area contributed by atoms with E-state index < -0.39 is 47.7 Å². The number of rotatable bonds is 5. The van der Waals surface area contributed by atoms with Crippen molar-refractivity contribution < 1.29 is 34.9 Å². The fourth-order valence-electron chi connectivity index (χ4n) is 2.11. The number of hydrogen-bond acceptors (Lipinski definition) is 8. The maximum absolute atomic E-state index is 11.0.